The molecule has 0 bridgehead atoms. The summed E-state index contributed by atoms with van der Waals surface area (Å²) in [6.45, 7) is 1.78. The highest BCUT2D eigenvalue weighted by molar-refractivity contribution is 6.31. The number of nitrogens with zero attached hydrogens (tertiary/aromatic N) is 1. The monoisotopic (exact) mass is 312 g/mol. The summed E-state index contributed by atoms with van der Waals surface area (Å²) in [6, 6.07) is 5.23. The first-order chi connectivity index (χ1) is 9.90. The van der Waals surface area contributed by atoms with Crippen molar-refractivity contribution in [3.05, 3.63) is 34.9 Å². The number of amides is 2. The molecule has 0 aliphatic carbocycles. The number of halogens is 1. The van der Waals surface area contributed by atoms with Crippen molar-refractivity contribution in [2.45, 2.75) is 31.5 Å². The number of benzene rings is 1. The van der Waals surface area contributed by atoms with Gasteiger partial charge in [0.2, 0.25) is 0 Å². The van der Waals surface area contributed by atoms with Crippen LogP contribution < -0.4 is 5.32 Å². The molecule has 0 spiro atoms. The van der Waals surface area contributed by atoms with Crippen molar-refractivity contribution in [3.63, 3.8) is 0 Å². The van der Waals surface area contributed by atoms with Crippen LogP contribution in [0, 0.1) is 0 Å². The molecule has 0 radical (unpaired) electrons. The van der Waals surface area contributed by atoms with Crippen molar-refractivity contribution < 1.29 is 19.8 Å². The molecule has 1 aliphatic heterocycles. The Morgan fingerprint density at radius 3 is 2.71 bits per heavy atom. The number of carbonyl (C=O) groups is 2. The van der Waals surface area contributed by atoms with E-state index in [2.05, 4.69) is 5.32 Å². The lowest BCUT2D eigenvalue weighted by Crippen LogP contribution is -2.46. The van der Waals surface area contributed by atoms with Crippen LogP contribution in [0.5, 0.6) is 0 Å². The van der Waals surface area contributed by atoms with Gasteiger partial charge >= 0.3 is 12.0 Å². The minimum absolute atomic E-state index is 0.0119. The molecule has 6 nitrogen and oxygen atoms in total. The third kappa shape index (κ3) is 3.46. The fraction of sp³-hybridized carbons (Fsp3) is 0.429. The summed E-state index contributed by atoms with van der Waals surface area (Å²) in [6.07, 6.45) is -0.768. The van der Waals surface area contributed by atoms with Crippen molar-refractivity contribution in [1.82, 2.24) is 10.2 Å². The number of hydrogen-bond acceptors (Lipinski definition) is 3. The van der Waals surface area contributed by atoms with E-state index in [1.807, 2.05) is 6.07 Å². The van der Waals surface area contributed by atoms with Gasteiger partial charge in [0.1, 0.15) is 6.04 Å². The van der Waals surface area contributed by atoms with Crippen LogP contribution in [0.1, 0.15) is 24.9 Å². The molecule has 2 amide bonds. The van der Waals surface area contributed by atoms with Crippen molar-refractivity contribution >= 4 is 23.6 Å². The van der Waals surface area contributed by atoms with Gasteiger partial charge in [-0.3, -0.25) is 0 Å². The molecule has 1 aliphatic rings. The highest BCUT2D eigenvalue weighted by Gasteiger charge is 2.39. The van der Waals surface area contributed by atoms with E-state index in [9.17, 15) is 14.7 Å². The third-order valence-electron chi connectivity index (χ3n) is 3.54. The predicted molar refractivity (Wildman–Crippen MR) is 77.2 cm³/mol. The number of carbonyl (C=O) groups excluding carboxylic acids is 1. The first-order valence-corrected chi connectivity index (χ1v) is 7.00. The van der Waals surface area contributed by atoms with Crippen LogP contribution in [0.15, 0.2) is 24.3 Å². The van der Waals surface area contributed by atoms with Gasteiger partial charge < -0.3 is 20.4 Å². The number of carboxylic acid groups (broad SMARTS) is 1. The highest BCUT2D eigenvalue weighted by Crippen LogP contribution is 2.24. The molecule has 1 heterocycles. The molecular weight excluding hydrogens is 296 g/mol. The van der Waals surface area contributed by atoms with E-state index < -0.39 is 24.1 Å². The maximum Gasteiger partial charge on any atom is 0.326 e. The number of carboxylic acids is 1. The largest absolute Gasteiger partial charge is 0.480 e. The van der Waals surface area contributed by atoms with Crippen LogP contribution in [-0.2, 0) is 4.79 Å². The summed E-state index contributed by atoms with van der Waals surface area (Å²) in [5.41, 5.74) is 0.749. The minimum atomic E-state index is -1.12. The quantitative estimate of drug-likeness (QED) is 0.791. The maximum atomic E-state index is 12.2. The van der Waals surface area contributed by atoms with Crippen molar-refractivity contribution in [2.75, 3.05) is 6.54 Å². The van der Waals surface area contributed by atoms with Crippen molar-refractivity contribution in [3.8, 4) is 0 Å². The Balaban J connectivity index is 2.07. The van der Waals surface area contributed by atoms with Gasteiger partial charge in [0.15, 0.2) is 0 Å². The maximum absolute atomic E-state index is 12.2. The summed E-state index contributed by atoms with van der Waals surface area (Å²) < 4.78 is 0. The van der Waals surface area contributed by atoms with Crippen molar-refractivity contribution in [1.29, 1.82) is 0 Å². The molecule has 114 valence electrons. The molecule has 3 atom stereocenters. The van der Waals surface area contributed by atoms with Gasteiger partial charge in [-0.1, -0.05) is 29.8 Å². The summed E-state index contributed by atoms with van der Waals surface area (Å²) >= 11 is 6.07. The number of rotatable bonds is 3. The van der Waals surface area contributed by atoms with Crippen LogP contribution in [0.2, 0.25) is 5.02 Å². The van der Waals surface area contributed by atoms with Gasteiger partial charge in [-0.15, -0.1) is 0 Å². The van der Waals surface area contributed by atoms with Gasteiger partial charge in [-0.25, -0.2) is 9.59 Å². The number of hydrogen-bond donors (Lipinski definition) is 3. The SMILES string of the molecule is CC(NC(=O)N1C[C@H](O)C[C@H]1C(=O)O)c1ccccc1Cl. The van der Waals surface area contributed by atoms with Crippen LogP contribution in [-0.4, -0.2) is 45.8 Å². The van der Waals surface area contributed by atoms with E-state index >= 15 is 0 Å². The number of aliphatic carboxylic acids is 1. The van der Waals surface area contributed by atoms with E-state index in [1.165, 1.54) is 0 Å². The van der Waals surface area contributed by atoms with Crippen LogP contribution >= 0.6 is 11.6 Å². The molecule has 1 aromatic carbocycles. The summed E-state index contributed by atoms with van der Waals surface area (Å²) in [7, 11) is 0. The van der Waals surface area contributed by atoms with E-state index in [0.717, 1.165) is 10.5 Å². The average Bonchev–Trinajstić information content (AvgIpc) is 2.81. The van der Waals surface area contributed by atoms with Gasteiger partial charge in [0.05, 0.1) is 12.1 Å². The molecule has 1 unspecified atom stereocenters. The Kier molecular flexibility index (Phi) is 4.69. The Labute approximate surface area is 127 Å². The minimum Gasteiger partial charge on any atom is -0.480 e. The number of nitrogens with one attached hydrogen (secondary N) is 1. The Bertz CT molecular complexity index is 552. The Hall–Kier alpha value is -1.79. The standard InChI is InChI=1S/C14H17ClN2O4/c1-8(10-4-2-3-5-11(10)15)16-14(21)17-7-9(18)6-12(17)13(19)20/h2-5,8-9,12,18H,6-7H2,1H3,(H,16,21)(H,19,20)/t8?,9-,12+/m1/s1. The molecule has 21 heavy (non-hydrogen) atoms. The van der Waals surface area contributed by atoms with E-state index in [1.54, 1.807) is 25.1 Å². The number of aliphatic hydroxyl groups excluding tert-OH is 1. The zero-order chi connectivity index (χ0) is 15.6. The lowest BCUT2D eigenvalue weighted by atomic mass is 10.1. The zero-order valence-electron chi connectivity index (χ0n) is 11.5. The second-order valence-corrected chi connectivity index (χ2v) is 5.50. The fourth-order valence-corrected chi connectivity index (χ4v) is 2.74. The Morgan fingerprint density at radius 1 is 1.43 bits per heavy atom. The number of urea groups is 1. The first kappa shape index (κ1) is 15.6. The average molecular weight is 313 g/mol. The highest BCUT2D eigenvalue weighted by atomic mass is 35.5. The molecule has 0 saturated carbocycles. The van der Waals surface area contributed by atoms with E-state index in [-0.39, 0.29) is 19.0 Å². The molecule has 7 heteroatoms. The lowest BCUT2D eigenvalue weighted by Gasteiger charge is -2.24. The first-order valence-electron chi connectivity index (χ1n) is 6.62. The summed E-state index contributed by atoms with van der Waals surface area (Å²) in [5.74, 6) is -1.12. The lowest BCUT2D eigenvalue weighted by molar-refractivity contribution is -0.141. The molecule has 3 N–H and O–H groups in total. The van der Waals surface area contributed by atoms with Gasteiger partial charge in [-0.05, 0) is 18.6 Å². The molecule has 1 saturated heterocycles. The molecule has 2 rings (SSSR count). The Morgan fingerprint density at radius 2 is 2.10 bits per heavy atom. The molecule has 0 aromatic heterocycles. The van der Waals surface area contributed by atoms with E-state index in [0.29, 0.717) is 5.02 Å². The fourth-order valence-electron chi connectivity index (χ4n) is 2.44. The van der Waals surface area contributed by atoms with Gasteiger partial charge in [-0.2, -0.15) is 0 Å². The van der Waals surface area contributed by atoms with Crippen LogP contribution in [0.4, 0.5) is 4.79 Å². The van der Waals surface area contributed by atoms with Crippen LogP contribution in [0.25, 0.3) is 0 Å². The number of likely N-dealkylation sites (tertiary alicyclic amines) is 1. The summed E-state index contributed by atoms with van der Waals surface area (Å²) in [5, 5.41) is 21.9. The topological polar surface area (TPSA) is 89.9 Å². The second kappa shape index (κ2) is 6.32. The predicted octanol–water partition coefficient (Wildman–Crippen LogP) is 1.63. The third-order valence-corrected chi connectivity index (χ3v) is 3.88. The van der Waals surface area contributed by atoms with Crippen LogP contribution in [0.3, 0.4) is 0 Å². The van der Waals surface area contributed by atoms with E-state index in [4.69, 9.17) is 16.7 Å². The molecular formula is C14H17ClN2O4. The number of β-amino-alcohol motifs (C(OH)–C–C–N with tert-alkyl or cyclic N) is 1. The molecule has 1 fully saturated rings. The van der Waals surface area contributed by atoms with Gasteiger partial charge in [0, 0.05) is 18.0 Å². The smallest absolute Gasteiger partial charge is 0.326 e. The second-order valence-electron chi connectivity index (χ2n) is 5.09. The normalized spacial score (nSPS) is 22.9. The number of aliphatic hydroxyl groups is 1. The summed E-state index contributed by atoms with van der Waals surface area (Å²) in [4.78, 5) is 24.5. The zero-order valence-corrected chi connectivity index (χ0v) is 12.2. The molecule has 1 aromatic rings. The van der Waals surface area contributed by atoms with Gasteiger partial charge in [0.25, 0.3) is 0 Å². The van der Waals surface area contributed by atoms with Crippen molar-refractivity contribution in [2.24, 2.45) is 0 Å².